The molecule has 0 saturated heterocycles. The van der Waals surface area contributed by atoms with Crippen LogP contribution in [-0.2, 0) is 9.53 Å². The molecule has 166 valence electrons. The highest BCUT2D eigenvalue weighted by Gasteiger charge is 2.39. The fraction of sp³-hybridized carbons (Fsp3) is 0.522. The van der Waals surface area contributed by atoms with Gasteiger partial charge in [0.05, 0.1) is 19.3 Å². The lowest BCUT2D eigenvalue weighted by Crippen LogP contribution is -2.21. The Morgan fingerprint density at radius 3 is 2.83 bits per heavy atom. The van der Waals surface area contributed by atoms with Crippen LogP contribution >= 0.6 is 11.6 Å². The summed E-state index contributed by atoms with van der Waals surface area (Å²) in [6.07, 6.45) is 7.98. The number of ether oxygens (including phenoxy) is 2. The van der Waals surface area contributed by atoms with Crippen LogP contribution in [0, 0.1) is 11.8 Å². The number of unbranched alkanes of at least 4 members (excludes halogenated alkanes) is 1. The minimum absolute atomic E-state index is 0.0625. The Labute approximate surface area is 182 Å². The molecule has 5 atom stereocenters. The standard InChI is InChI=1S/C23H31ClO6/c1-29-23(28)10-5-3-2-4-9-19-20(22(27)14-21(19)26)12-11-17(25)15-30-18-8-6-7-16(24)13-18/h2,4,6-8,11-13,17,19-22,25-27H,3,5,9-10,14-15H2,1H3. The second-order valence-electron chi connectivity index (χ2n) is 7.51. The van der Waals surface area contributed by atoms with Gasteiger partial charge >= 0.3 is 5.97 Å². The molecule has 0 amide bonds. The van der Waals surface area contributed by atoms with Crippen molar-refractivity contribution in [1.29, 1.82) is 0 Å². The van der Waals surface area contributed by atoms with Gasteiger partial charge in [-0.2, -0.15) is 0 Å². The summed E-state index contributed by atoms with van der Waals surface area (Å²) in [5.74, 6) is -0.0305. The quantitative estimate of drug-likeness (QED) is 0.279. The lowest BCUT2D eigenvalue weighted by molar-refractivity contribution is -0.140. The van der Waals surface area contributed by atoms with Crippen LogP contribution in [-0.4, -0.2) is 53.3 Å². The summed E-state index contributed by atoms with van der Waals surface area (Å²) in [4.78, 5) is 11.1. The molecule has 1 fully saturated rings. The molecule has 0 radical (unpaired) electrons. The van der Waals surface area contributed by atoms with E-state index in [9.17, 15) is 20.1 Å². The molecule has 1 saturated carbocycles. The zero-order chi connectivity index (χ0) is 21.9. The molecule has 0 bridgehead atoms. The topological polar surface area (TPSA) is 96.2 Å². The van der Waals surface area contributed by atoms with E-state index in [1.54, 1.807) is 36.4 Å². The summed E-state index contributed by atoms with van der Waals surface area (Å²) >= 11 is 5.91. The molecule has 30 heavy (non-hydrogen) atoms. The van der Waals surface area contributed by atoms with Crippen molar-refractivity contribution in [2.24, 2.45) is 11.8 Å². The van der Waals surface area contributed by atoms with Gasteiger partial charge < -0.3 is 24.8 Å². The Morgan fingerprint density at radius 1 is 1.30 bits per heavy atom. The number of carbonyl (C=O) groups is 1. The van der Waals surface area contributed by atoms with Crippen LogP contribution in [0.3, 0.4) is 0 Å². The van der Waals surface area contributed by atoms with E-state index in [0.717, 1.165) is 6.42 Å². The van der Waals surface area contributed by atoms with Crippen LogP contribution in [0.5, 0.6) is 5.75 Å². The normalized spacial score (nSPS) is 25.1. The van der Waals surface area contributed by atoms with Gasteiger partial charge in [0.2, 0.25) is 0 Å². The first-order valence-electron chi connectivity index (χ1n) is 10.2. The van der Waals surface area contributed by atoms with Crippen molar-refractivity contribution < 1.29 is 29.6 Å². The zero-order valence-electron chi connectivity index (χ0n) is 17.2. The van der Waals surface area contributed by atoms with E-state index in [1.165, 1.54) is 7.11 Å². The summed E-state index contributed by atoms with van der Waals surface area (Å²) in [6, 6.07) is 6.94. The second-order valence-corrected chi connectivity index (χ2v) is 7.94. The molecule has 5 unspecified atom stereocenters. The minimum atomic E-state index is -0.844. The molecular weight excluding hydrogens is 408 g/mol. The lowest BCUT2D eigenvalue weighted by Gasteiger charge is -2.19. The highest BCUT2D eigenvalue weighted by Crippen LogP contribution is 2.36. The largest absolute Gasteiger partial charge is 0.491 e. The van der Waals surface area contributed by atoms with E-state index in [-0.39, 0.29) is 24.4 Å². The van der Waals surface area contributed by atoms with E-state index in [4.69, 9.17) is 16.3 Å². The van der Waals surface area contributed by atoms with Gasteiger partial charge in [0.25, 0.3) is 0 Å². The van der Waals surface area contributed by atoms with Gasteiger partial charge in [-0.05, 0) is 43.4 Å². The van der Waals surface area contributed by atoms with Gasteiger partial charge in [-0.3, -0.25) is 4.79 Å². The SMILES string of the molecule is COC(=O)CCCC=CCC1C(O)CC(O)C1C=CC(O)COc1cccc(Cl)c1. The third kappa shape index (κ3) is 8.11. The van der Waals surface area contributed by atoms with Crippen molar-refractivity contribution in [1.82, 2.24) is 0 Å². The van der Waals surface area contributed by atoms with Crippen LogP contribution in [0.4, 0.5) is 0 Å². The lowest BCUT2D eigenvalue weighted by atomic mass is 9.89. The second kappa shape index (κ2) is 12.7. The summed E-state index contributed by atoms with van der Waals surface area (Å²) in [5.41, 5.74) is 0. The third-order valence-corrected chi connectivity index (χ3v) is 5.48. The number of benzene rings is 1. The number of aliphatic hydroxyl groups is 3. The number of allylic oxidation sites excluding steroid dienone is 2. The summed E-state index contributed by atoms with van der Waals surface area (Å²) in [5, 5.41) is 31.3. The number of aliphatic hydroxyl groups excluding tert-OH is 3. The number of esters is 1. The van der Waals surface area contributed by atoms with Gasteiger partial charge in [0.1, 0.15) is 18.5 Å². The molecule has 3 N–H and O–H groups in total. The smallest absolute Gasteiger partial charge is 0.305 e. The molecular formula is C23H31ClO6. The molecule has 2 rings (SSSR count). The van der Waals surface area contributed by atoms with Crippen molar-refractivity contribution in [3.63, 3.8) is 0 Å². The Morgan fingerprint density at radius 2 is 2.10 bits per heavy atom. The van der Waals surface area contributed by atoms with Crippen molar-refractivity contribution in [3.05, 3.63) is 53.6 Å². The van der Waals surface area contributed by atoms with Gasteiger partial charge in [-0.1, -0.05) is 42.0 Å². The third-order valence-electron chi connectivity index (χ3n) is 5.24. The molecule has 1 aliphatic rings. The Bertz CT molecular complexity index is 719. The van der Waals surface area contributed by atoms with Crippen molar-refractivity contribution in [3.8, 4) is 5.75 Å². The van der Waals surface area contributed by atoms with Crippen molar-refractivity contribution in [2.75, 3.05) is 13.7 Å². The molecule has 0 spiro atoms. The van der Waals surface area contributed by atoms with Gasteiger partial charge in [-0.15, -0.1) is 0 Å². The fourth-order valence-electron chi connectivity index (χ4n) is 3.59. The van der Waals surface area contributed by atoms with E-state index >= 15 is 0 Å². The molecule has 1 aromatic carbocycles. The average molecular weight is 439 g/mol. The first kappa shape index (κ1) is 24.4. The summed E-state index contributed by atoms with van der Waals surface area (Å²) in [7, 11) is 1.37. The van der Waals surface area contributed by atoms with Crippen molar-refractivity contribution in [2.45, 2.75) is 50.4 Å². The Hall–Kier alpha value is -1.86. The average Bonchev–Trinajstić information content (AvgIpc) is 2.99. The summed E-state index contributed by atoms with van der Waals surface area (Å²) < 4.78 is 10.1. The number of halogens is 1. The predicted molar refractivity (Wildman–Crippen MR) is 115 cm³/mol. The monoisotopic (exact) mass is 438 g/mol. The summed E-state index contributed by atoms with van der Waals surface area (Å²) in [6.45, 7) is 0.0625. The van der Waals surface area contributed by atoms with Crippen LogP contribution in [0.1, 0.15) is 32.1 Å². The van der Waals surface area contributed by atoms with E-state index < -0.39 is 18.3 Å². The molecule has 0 aliphatic heterocycles. The predicted octanol–water partition coefficient (Wildman–Crippen LogP) is 3.28. The Balaban J connectivity index is 1.81. The van der Waals surface area contributed by atoms with Gasteiger partial charge in [0.15, 0.2) is 0 Å². The molecule has 1 aliphatic carbocycles. The maximum absolute atomic E-state index is 11.1. The fourth-order valence-corrected chi connectivity index (χ4v) is 3.77. The zero-order valence-corrected chi connectivity index (χ0v) is 17.9. The molecule has 6 nitrogen and oxygen atoms in total. The van der Waals surface area contributed by atoms with Crippen LogP contribution in [0.2, 0.25) is 5.02 Å². The molecule has 7 heteroatoms. The van der Waals surface area contributed by atoms with E-state index in [2.05, 4.69) is 4.74 Å². The van der Waals surface area contributed by atoms with Gasteiger partial charge in [-0.25, -0.2) is 0 Å². The first-order valence-corrected chi connectivity index (χ1v) is 10.6. The number of rotatable bonds is 11. The molecule has 0 heterocycles. The maximum atomic E-state index is 11.1. The number of carbonyl (C=O) groups excluding carboxylic acids is 1. The number of hydrogen-bond donors (Lipinski definition) is 3. The highest BCUT2D eigenvalue weighted by atomic mass is 35.5. The maximum Gasteiger partial charge on any atom is 0.305 e. The van der Waals surface area contributed by atoms with E-state index in [1.807, 2.05) is 12.2 Å². The van der Waals surface area contributed by atoms with Crippen molar-refractivity contribution >= 4 is 17.6 Å². The molecule has 0 aromatic heterocycles. The van der Waals surface area contributed by atoms with Crippen LogP contribution < -0.4 is 4.74 Å². The highest BCUT2D eigenvalue weighted by molar-refractivity contribution is 6.30. The van der Waals surface area contributed by atoms with Crippen LogP contribution in [0.25, 0.3) is 0 Å². The Kier molecular flexibility index (Phi) is 10.4. The minimum Gasteiger partial charge on any atom is -0.491 e. The van der Waals surface area contributed by atoms with Gasteiger partial charge in [0, 0.05) is 23.8 Å². The number of hydrogen-bond acceptors (Lipinski definition) is 6. The number of methoxy groups -OCH3 is 1. The van der Waals surface area contributed by atoms with Crippen LogP contribution in [0.15, 0.2) is 48.6 Å². The molecule has 1 aromatic rings. The van der Waals surface area contributed by atoms with E-state index in [0.29, 0.717) is 36.5 Å². The first-order chi connectivity index (χ1) is 14.4.